The highest BCUT2D eigenvalue weighted by molar-refractivity contribution is 5.00. The molecule has 2 aliphatic carbocycles. The summed E-state index contributed by atoms with van der Waals surface area (Å²) in [5.41, 5.74) is 0. The Balaban J connectivity index is 1.62. The van der Waals surface area contributed by atoms with Crippen molar-refractivity contribution in [3.63, 3.8) is 0 Å². The van der Waals surface area contributed by atoms with Gasteiger partial charge in [-0.15, -0.1) is 0 Å². The van der Waals surface area contributed by atoms with Crippen molar-refractivity contribution < 1.29 is 0 Å². The Kier molecular flexibility index (Phi) is 4.87. The predicted octanol–water partition coefficient (Wildman–Crippen LogP) is 2.74. The number of nitrogens with zero attached hydrogens (tertiary/aromatic N) is 1. The van der Waals surface area contributed by atoms with Gasteiger partial charge in [-0.1, -0.05) is 26.7 Å². The Labute approximate surface area is 107 Å². The monoisotopic (exact) mass is 238 g/mol. The minimum absolute atomic E-state index is 0.651. The highest BCUT2D eigenvalue weighted by atomic mass is 15.1. The van der Waals surface area contributed by atoms with Gasteiger partial charge in [-0.3, -0.25) is 0 Å². The molecule has 0 aliphatic heterocycles. The highest BCUT2D eigenvalue weighted by Crippen LogP contribution is 2.54. The van der Waals surface area contributed by atoms with Crippen LogP contribution >= 0.6 is 0 Å². The largest absolute Gasteiger partial charge is 0.313 e. The van der Waals surface area contributed by atoms with Crippen LogP contribution in [0.3, 0.4) is 0 Å². The van der Waals surface area contributed by atoms with Gasteiger partial charge in [0.2, 0.25) is 0 Å². The second-order valence-electron chi connectivity index (χ2n) is 6.07. The lowest BCUT2D eigenvalue weighted by Gasteiger charge is -2.23. The van der Waals surface area contributed by atoms with Gasteiger partial charge in [-0.05, 0) is 57.2 Å². The molecule has 3 atom stereocenters. The van der Waals surface area contributed by atoms with E-state index in [1.807, 2.05) is 0 Å². The molecule has 2 nitrogen and oxygen atoms in total. The molecule has 2 saturated carbocycles. The molecule has 0 amide bonds. The fourth-order valence-electron chi connectivity index (χ4n) is 3.71. The molecule has 1 N–H and O–H groups in total. The van der Waals surface area contributed by atoms with Crippen molar-refractivity contribution >= 4 is 0 Å². The van der Waals surface area contributed by atoms with E-state index in [9.17, 15) is 0 Å². The second-order valence-corrected chi connectivity index (χ2v) is 6.07. The van der Waals surface area contributed by atoms with Crippen LogP contribution in [0.4, 0.5) is 0 Å². The summed E-state index contributed by atoms with van der Waals surface area (Å²) in [6, 6.07) is 0.651. The van der Waals surface area contributed by atoms with Crippen LogP contribution in [0, 0.1) is 17.8 Å². The molecule has 2 heteroatoms. The van der Waals surface area contributed by atoms with E-state index in [1.54, 1.807) is 0 Å². The zero-order valence-electron chi connectivity index (χ0n) is 11.9. The first-order chi connectivity index (χ1) is 8.26. The van der Waals surface area contributed by atoms with Crippen LogP contribution < -0.4 is 5.32 Å². The van der Waals surface area contributed by atoms with Gasteiger partial charge in [0.05, 0.1) is 0 Å². The van der Waals surface area contributed by atoms with Crippen molar-refractivity contribution in [3.05, 3.63) is 0 Å². The summed E-state index contributed by atoms with van der Waals surface area (Å²) in [6.45, 7) is 11.7. The Morgan fingerprint density at radius 2 is 1.71 bits per heavy atom. The molecule has 0 aromatic heterocycles. The van der Waals surface area contributed by atoms with Crippen molar-refractivity contribution in [2.24, 2.45) is 17.8 Å². The molecule has 0 aromatic carbocycles. The SMILES string of the molecule is CCN(CC)CC(C)NCC1C2CCCCC21. The maximum atomic E-state index is 3.76. The van der Waals surface area contributed by atoms with Gasteiger partial charge in [-0.2, -0.15) is 0 Å². The zero-order valence-corrected chi connectivity index (χ0v) is 11.9. The predicted molar refractivity (Wildman–Crippen MR) is 74.2 cm³/mol. The quantitative estimate of drug-likeness (QED) is 0.733. The maximum absolute atomic E-state index is 3.76. The molecule has 2 rings (SSSR count). The lowest BCUT2D eigenvalue weighted by molar-refractivity contribution is 0.269. The van der Waals surface area contributed by atoms with Gasteiger partial charge in [0.1, 0.15) is 0 Å². The fourth-order valence-corrected chi connectivity index (χ4v) is 3.71. The Morgan fingerprint density at radius 1 is 1.12 bits per heavy atom. The molecule has 0 heterocycles. The summed E-state index contributed by atoms with van der Waals surface area (Å²) in [7, 11) is 0. The van der Waals surface area contributed by atoms with Crippen molar-refractivity contribution in [2.45, 2.75) is 52.5 Å². The van der Waals surface area contributed by atoms with Crippen molar-refractivity contribution in [2.75, 3.05) is 26.2 Å². The fraction of sp³-hybridized carbons (Fsp3) is 1.00. The molecule has 100 valence electrons. The Morgan fingerprint density at radius 3 is 2.24 bits per heavy atom. The lowest BCUT2D eigenvalue weighted by atomic mass is 10.0. The van der Waals surface area contributed by atoms with Crippen molar-refractivity contribution in [1.82, 2.24) is 10.2 Å². The standard InChI is InChI=1S/C15H30N2/c1-4-17(5-2)11-12(3)16-10-15-13-8-6-7-9-14(13)15/h12-16H,4-11H2,1-3H3. The van der Waals surface area contributed by atoms with E-state index < -0.39 is 0 Å². The van der Waals surface area contributed by atoms with Crippen molar-refractivity contribution in [3.8, 4) is 0 Å². The third-order valence-corrected chi connectivity index (χ3v) is 4.96. The zero-order chi connectivity index (χ0) is 12.3. The molecule has 3 unspecified atom stereocenters. The summed E-state index contributed by atoms with van der Waals surface area (Å²) in [5, 5.41) is 3.76. The van der Waals surface area contributed by atoms with E-state index in [2.05, 4.69) is 31.0 Å². The molecule has 17 heavy (non-hydrogen) atoms. The van der Waals surface area contributed by atoms with Crippen LogP contribution in [0.1, 0.15) is 46.5 Å². The number of hydrogen-bond acceptors (Lipinski definition) is 2. The van der Waals surface area contributed by atoms with E-state index in [1.165, 1.54) is 51.9 Å². The van der Waals surface area contributed by atoms with Crippen LogP contribution in [-0.2, 0) is 0 Å². The normalized spacial score (nSPS) is 33.5. The molecule has 2 aliphatic rings. The summed E-state index contributed by atoms with van der Waals surface area (Å²) >= 11 is 0. The lowest BCUT2D eigenvalue weighted by Crippen LogP contribution is -2.40. The average Bonchev–Trinajstić information content (AvgIpc) is 3.07. The van der Waals surface area contributed by atoms with Gasteiger partial charge in [-0.25, -0.2) is 0 Å². The molecule has 0 spiro atoms. The van der Waals surface area contributed by atoms with Gasteiger partial charge >= 0.3 is 0 Å². The summed E-state index contributed by atoms with van der Waals surface area (Å²) in [5.74, 6) is 3.21. The summed E-state index contributed by atoms with van der Waals surface area (Å²) < 4.78 is 0. The van der Waals surface area contributed by atoms with Crippen molar-refractivity contribution in [1.29, 1.82) is 0 Å². The minimum atomic E-state index is 0.651. The molecule has 0 radical (unpaired) electrons. The van der Waals surface area contributed by atoms with E-state index in [0.29, 0.717) is 6.04 Å². The van der Waals surface area contributed by atoms with E-state index in [-0.39, 0.29) is 0 Å². The molecular formula is C15H30N2. The highest BCUT2D eigenvalue weighted by Gasteiger charge is 2.49. The first-order valence-electron chi connectivity index (χ1n) is 7.72. The first kappa shape index (κ1) is 13.4. The van der Waals surface area contributed by atoms with Crippen LogP contribution in [-0.4, -0.2) is 37.1 Å². The van der Waals surface area contributed by atoms with Gasteiger partial charge < -0.3 is 10.2 Å². The number of fused-ring (bicyclic) bond motifs is 1. The van der Waals surface area contributed by atoms with E-state index in [0.717, 1.165) is 17.8 Å². The Hall–Kier alpha value is -0.0800. The third kappa shape index (κ3) is 3.45. The van der Waals surface area contributed by atoms with Gasteiger partial charge in [0.15, 0.2) is 0 Å². The van der Waals surface area contributed by atoms with E-state index in [4.69, 9.17) is 0 Å². The number of rotatable bonds is 7. The molecule has 2 fully saturated rings. The average molecular weight is 238 g/mol. The van der Waals surface area contributed by atoms with Crippen LogP contribution in [0.5, 0.6) is 0 Å². The topological polar surface area (TPSA) is 15.3 Å². The maximum Gasteiger partial charge on any atom is 0.0166 e. The third-order valence-electron chi connectivity index (χ3n) is 4.96. The smallest absolute Gasteiger partial charge is 0.0166 e. The Bertz CT molecular complexity index is 213. The second kappa shape index (κ2) is 6.19. The number of likely N-dealkylation sites (N-methyl/N-ethyl adjacent to an activating group) is 1. The van der Waals surface area contributed by atoms with Gasteiger partial charge in [0.25, 0.3) is 0 Å². The summed E-state index contributed by atoms with van der Waals surface area (Å²) in [4.78, 5) is 2.51. The van der Waals surface area contributed by atoms with Gasteiger partial charge in [0, 0.05) is 12.6 Å². The molecule has 0 saturated heterocycles. The van der Waals surface area contributed by atoms with E-state index >= 15 is 0 Å². The first-order valence-corrected chi connectivity index (χ1v) is 7.72. The number of nitrogens with one attached hydrogen (secondary N) is 1. The van der Waals surface area contributed by atoms with Crippen LogP contribution in [0.15, 0.2) is 0 Å². The molecular weight excluding hydrogens is 208 g/mol. The molecule has 0 aromatic rings. The number of hydrogen-bond donors (Lipinski definition) is 1. The summed E-state index contributed by atoms with van der Waals surface area (Å²) in [6.07, 6.45) is 6.02. The van der Waals surface area contributed by atoms with Crippen LogP contribution in [0.2, 0.25) is 0 Å². The minimum Gasteiger partial charge on any atom is -0.313 e. The van der Waals surface area contributed by atoms with Crippen LogP contribution in [0.25, 0.3) is 0 Å². The molecule has 0 bridgehead atoms.